The van der Waals surface area contributed by atoms with E-state index in [-0.39, 0.29) is 10.6 Å². The Hall–Kier alpha value is -1.66. The minimum absolute atomic E-state index is 0.131. The lowest BCUT2D eigenvalue weighted by molar-refractivity contribution is -0.384. The average molecular weight is 278 g/mol. The second-order valence-corrected chi connectivity index (χ2v) is 5.29. The molecule has 6 nitrogen and oxygen atoms in total. The van der Waals surface area contributed by atoms with Crippen LogP contribution in [0.25, 0.3) is 0 Å². The van der Waals surface area contributed by atoms with Crippen LogP contribution in [-0.4, -0.2) is 55.0 Å². The van der Waals surface area contributed by atoms with E-state index in [0.29, 0.717) is 5.69 Å². The zero-order valence-electron chi connectivity index (χ0n) is 12.1. The maximum atomic E-state index is 10.9. The molecular weight excluding hydrogens is 256 g/mol. The van der Waals surface area contributed by atoms with E-state index in [1.165, 1.54) is 6.42 Å². The first-order valence-corrected chi connectivity index (χ1v) is 6.96. The summed E-state index contributed by atoms with van der Waals surface area (Å²) < 4.78 is 0. The molecular formula is C14H22N4O2. The molecule has 1 aliphatic rings. The van der Waals surface area contributed by atoms with Crippen molar-refractivity contribution in [3.05, 3.63) is 33.9 Å². The Kier molecular flexibility index (Phi) is 4.92. The van der Waals surface area contributed by atoms with Gasteiger partial charge in [0.05, 0.1) is 4.92 Å². The fourth-order valence-corrected chi connectivity index (χ4v) is 2.56. The average Bonchev–Trinajstić information content (AvgIpc) is 2.63. The number of nitrogens with zero attached hydrogens (tertiary/aromatic N) is 3. The lowest BCUT2D eigenvalue weighted by Gasteiger charge is -2.20. The van der Waals surface area contributed by atoms with Crippen molar-refractivity contribution >= 4 is 11.4 Å². The van der Waals surface area contributed by atoms with Gasteiger partial charge in [-0.25, -0.2) is 0 Å². The van der Waals surface area contributed by atoms with Crippen LogP contribution in [0.5, 0.6) is 0 Å². The van der Waals surface area contributed by atoms with Crippen molar-refractivity contribution in [3.63, 3.8) is 0 Å². The molecule has 1 saturated heterocycles. The minimum atomic E-state index is -0.351. The zero-order chi connectivity index (χ0) is 14.5. The Labute approximate surface area is 119 Å². The third-order valence-electron chi connectivity index (χ3n) is 3.75. The fraction of sp³-hybridized carbons (Fsp3) is 0.571. The van der Waals surface area contributed by atoms with Gasteiger partial charge in [0.25, 0.3) is 5.69 Å². The van der Waals surface area contributed by atoms with Crippen LogP contribution in [-0.2, 0) is 6.54 Å². The third-order valence-corrected chi connectivity index (χ3v) is 3.75. The van der Waals surface area contributed by atoms with E-state index in [1.54, 1.807) is 13.1 Å². The quantitative estimate of drug-likeness (QED) is 0.672. The molecule has 0 spiro atoms. The summed E-state index contributed by atoms with van der Waals surface area (Å²) in [6, 6.07) is 5.32. The Morgan fingerprint density at radius 1 is 1.30 bits per heavy atom. The summed E-state index contributed by atoms with van der Waals surface area (Å²) in [4.78, 5) is 15.3. The van der Waals surface area contributed by atoms with E-state index in [9.17, 15) is 10.1 Å². The highest BCUT2D eigenvalue weighted by molar-refractivity contribution is 5.62. The van der Waals surface area contributed by atoms with Gasteiger partial charge in [-0.2, -0.15) is 0 Å². The smallest absolute Gasteiger partial charge is 0.292 e. The summed E-state index contributed by atoms with van der Waals surface area (Å²) in [6.45, 7) is 5.18. The summed E-state index contributed by atoms with van der Waals surface area (Å²) in [5.41, 5.74) is 1.83. The van der Waals surface area contributed by atoms with E-state index in [1.807, 2.05) is 12.1 Å². The predicted octanol–water partition coefficient (Wildman–Crippen LogP) is 1.77. The number of benzene rings is 1. The topological polar surface area (TPSA) is 61.6 Å². The van der Waals surface area contributed by atoms with E-state index < -0.39 is 0 Å². The Balaban J connectivity index is 2.07. The summed E-state index contributed by atoms with van der Waals surface area (Å²) in [5.74, 6) is 0. The number of nitro groups is 1. The first-order valence-electron chi connectivity index (χ1n) is 6.96. The van der Waals surface area contributed by atoms with Gasteiger partial charge in [-0.3, -0.25) is 15.0 Å². The first-order chi connectivity index (χ1) is 9.60. The number of nitrogens with one attached hydrogen (secondary N) is 1. The summed E-state index contributed by atoms with van der Waals surface area (Å²) in [6.07, 6.45) is 1.17. The number of hydrogen-bond donors (Lipinski definition) is 1. The van der Waals surface area contributed by atoms with Crippen LogP contribution in [0.2, 0.25) is 0 Å². The molecule has 0 atom stereocenters. The minimum Gasteiger partial charge on any atom is -0.383 e. The summed E-state index contributed by atoms with van der Waals surface area (Å²) >= 11 is 0. The van der Waals surface area contributed by atoms with E-state index in [0.717, 1.165) is 38.3 Å². The number of nitro benzene ring substituents is 1. The fourth-order valence-electron chi connectivity index (χ4n) is 2.56. The van der Waals surface area contributed by atoms with Crippen molar-refractivity contribution in [2.45, 2.75) is 13.0 Å². The maximum Gasteiger partial charge on any atom is 0.292 e. The van der Waals surface area contributed by atoms with Crippen molar-refractivity contribution in [2.75, 3.05) is 45.6 Å². The molecule has 1 aromatic carbocycles. The van der Waals surface area contributed by atoms with E-state index >= 15 is 0 Å². The summed E-state index contributed by atoms with van der Waals surface area (Å²) in [7, 11) is 3.86. The van der Waals surface area contributed by atoms with Crippen molar-refractivity contribution in [1.29, 1.82) is 0 Å². The molecule has 2 rings (SSSR count). The van der Waals surface area contributed by atoms with Crippen LogP contribution >= 0.6 is 0 Å². The Bertz CT molecular complexity index is 478. The molecule has 0 amide bonds. The van der Waals surface area contributed by atoms with Crippen molar-refractivity contribution < 1.29 is 4.92 Å². The van der Waals surface area contributed by atoms with Gasteiger partial charge in [0.15, 0.2) is 0 Å². The van der Waals surface area contributed by atoms with Crippen LogP contribution in [0.1, 0.15) is 12.0 Å². The van der Waals surface area contributed by atoms with Crippen LogP contribution in [0, 0.1) is 10.1 Å². The van der Waals surface area contributed by atoms with Gasteiger partial charge < -0.3 is 10.2 Å². The first kappa shape index (κ1) is 14.7. The molecule has 6 heteroatoms. The van der Waals surface area contributed by atoms with Gasteiger partial charge in [-0.15, -0.1) is 0 Å². The molecule has 0 radical (unpaired) electrons. The van der Waals surface area contributed by atoms with Gasteiger partial charge in [-0.1, -0.05) is 6.07 Å². The van der Waals surface area contributed by atoms with Crippen molar-refractivity contribution in [3.8, 4) is 0 Å². The van der Waals surface area contributed by atoms with Crippen LogP contribution in [0.4, 0.5) is 11.4 Å². The second-order valence-electron chi connectivity index (χ2n) is 5.29. The number of likely N-dealkylation sites (N-methyl/N-ethyl adjacent to an activating group) is 1. The normalized spacial score (nSPS) is 17.7. The molecule has 110 valence electrons. The lowest BCUT2D eigenvalue weighted by Crippen LogP contribution is -2.28. The van der Waals surface area contributed by atoms with Gasteiger partial charge in [0.1, 0.15) is 5.69 Å². The standard InChI is InChI=1S/C14H22N4O2/c1-15-13-10-12(4-5-14(13)18(19)20)11-17-7-3-6-16(2)8-9-17/h4-5,10,15H,3,6-9,11H2,1-2H3. The molecule has 1 N–H and O–H groups in total. The number of rotatable bonds is 4. The lowest BCUT2D eigenvalue weighted by atomic mass is 10.1. The predicted molar refractivity (Wildman–Crippen MR) is 80.0 cm³/mol. The van der Waals surface area contributed by atoms with Crippen LogP contribution < -0.4 is 5.32 Å². The molecule has 0 aliphatic carbocycles. The van der Waals surface area contributed by atoms with Crippen LogP contribution in [0.3, 0.4) is 0 Å². The van der Waals surface area contributed by atoms with Crippen molar-refractivity contribution in [2.24, 2.45) is 0 Å². The van der Waals surface area contributed by atoms with Crippen LogP contribution in [0.15, 0.2) is 18.2 Å². The molecule has 20 heavy (non-hydrogen) atoms. The molecule has 0 bridgehead atoms. The molecule has 0 saturated carbocycles. The van der Waals surface area contributed by atoms with E-state index in [4.69, 9.17) is 0 Å². The highest BCUT2D eigenvalue weighted by Gasteiger charge is 2.16. The highest BCUT2D eigenvalue weighted by atomic mass is 16.6. The van der Waals surface area contributed by atoms with Gasteiger partial charge in [-0.05, 0) is 38.2 Å². The van der Waals surface area contributed by atoms with Crippen molar-refractivity contribution in [1.82, 2.24) is 9.80 Å². The molecule has 0 aromatic heterocycles. The van der Waals surface area contributed by atoms with Gasteiger partial charge in [0.2, 0.25) is 0 Å². The highest BCUT2D eigenvalue weighted by Crippen LogP contribution is 2.25. The molecule has 1 heterocycles. The summed E-state index contributed by atoms with van der Waals surface area (Å²) in [5, 5.41) is 13.8. The molecule has 0 unspecified atom stereocenters. The maximum absolute atomic E-state index is 10.9. The molecule has 1 aromatic rings. The Morgan fingerprint density at radius 3 is 2.80 bits per heavy atom. The zero-order valence-corrected chi connectivity index (χ0v) is 12.1. The Morgan fingerprint density at radius 2 is 2.10 bits per heavy atom. The van der Waals surface area contributed by atoms with Gasteiger partial charge in [0, 0.05) is 32.7 Å². The number of anilines is 1. The second kappa shape index (κ2) is 6.67. The third kappa shape index (κ3) is 3.68. The van der Waals surface area contributed by atoms with E-state index in [2.05, 4.69) is 22.2 Å². The molecule has 1 fully saturated rings. The monoisotopic (exact) mass is 278 g/mol. The van der Waals surface area contributed by atoms with Gasteiger partial charge >= 0.3 is 0 Å². The molecule has 1 aliphatic heterocycles. The largest absolute Gasteiger partial charge is 0.383 e. The number of hydrogen-bond acceptors (Lipinski definition) is 5. The SMILES string of the molecule is CNc1cc(CN2CCCN(C)CC2)ccc1[N+](=O)[O-].